The van der Waals surface area contributed by atoms with Gasteiger partial charge in [-0.3, -0.25) is 24.5 Å². The Bertz CT molecular complexity index is 1700. The number of carbonyl (C=O) groups excluding carboxylic acids is 3. The number of anilines is 1. The molecule has 3 aliphatic carbocycles. The number of nitro benzene ring substituents is 1. The van der Waals surface area contributed by atoms with Crippen LogP contribution in [-0.4, -0.2) is 47.9 Å². The molecular weight excluding hydrogens is 576 g/mol. The second-order valence-corrected chi connectivity index (χ2v) is 11.7. The molecule has 218 valence electrons. The fourth-order valence-corrected chi connectivity index (χ4v) is 7.48. The molecule has 5 aliphatic rings. The molecule has 1 N–H and O–H groups in total. The minimum absolute atomic E-state index is 0.0932. The average Bonchev–Trinajstić information content (AvgIpc) is 3.53. The molecule has 2 aliphatic heterocycles. The lowest BCUT2D eigenvalue weighted by Crippen LogP contribution is -2.54. The van der Waals surface area contributed by atoms with Gasteiger partial charge < -0.3 is 9.47 Å². The van der Waals surface area contributed by atoms with Crippen LogP contribution in [0.3, 0.4) is 0 Å². The number of nitrogens with one attached hydrogen (secondary N) is 1. The molecule has 11 nitrogen and oxygen atoms in total. The van der Waals surface area contributed by atoms with E-state index in [0.717, 1.165) is 33.2 Å². The summed E-state index contributed by atoms with van der Waals surface area (Å²) < 4.78 is 11.1. The maximum absolute atomic E-state index is 14.5. The first kappa shape index (κ1) is 27.4. The highest BCUT2D eigenvalue weighted by atomic mass is 35.5. The third-order valence-corrected chi connectivity index (χ3v) is 9.13. The lowest BCUT2D eigenvalue weighted by Gasteiger charge is -2.52. The second-order valence-electron chi connectivity index (χ2n) is 11.2. The Balaban J connectivity index is 1.37. The summed E-state index contributed by atoms with van der Waals surface area (Å²) in [7, 11) is 0. The third-order valence-electron chi connectivity index (χ3n) is 8.90. The molecule has 0 spiro atoms. The van der Waals surface area contributed by atoms with Crippen LogP contribution in [0.1, 0.15) is 41.5 Å². The van der Waals surface area contributed by atoms with Crippen LogP contribution in [0.5, 0.6) is 0 Å². The number of nitro groups is 1. The van der Waals surface area contributed by atoms with Crippen LogP contribution in [0.2, 0.25) is 5.02 Å². The zero-order chi connectivity index (χ0) is 30.1. The van der Waals surface area contributed by atoms with Gasteiger partial charge in [-0.05, 0) is 41.3 Å². The van der Waals surface area contributed by atoms with Crippen molar-refractivity contribution < 1.29 is 28.8 Å². The van der Waals surface area contributed by atoms with Gasteiger partial charge in [0.2, 0.25) is 17.7 Å². The monoisotopic (exact) mass is 600 g/mol. The van der Waals surface area contributed by atoms with Crippen LogP contribution in [-0.2, 0) is 29.3 Å². The van der Waals surface area contributed by atoms with E-state index in [4.69, 9.17) is 21.1 Å². The first-order valence-corrected chi connectivity index (χ1v) is 14.2. The first-order chi connectivity index (χ1) is 20.7. The summed E-state index contributed by atoms with van der Waals surface area (Å²) in [4.78, 5) is 53.9. The van der Waals surface area contributed by atoms with Crippen LogP contribution in [0, 0.1) is 22.0 Å². The van der Waals surface area contributed by atoms with Crippen molar-refractivity contribution in [1.29, 1.82) is 0 Å². The van der Waals surface area contributed by atoms with E-state index < -0.39 is 57.3 Å². The highest BCUT2D eigenvalue weighted by molar-refractivity contribution is 6.31. The predicted molar refractivity (Wildman–Crippen MR) is 155 cm³/mol. The Morgan fingerprint density at radius 1 is 1.07 bits per heavy atom. The molecule has 2 saturated heterocycles. The van der Waals surface area contributed by atoms with E-state index in [0.29, 0.717) is 13.2 Å². The number of imide groups is 1. The van der Waals surface area contributed by atoms with Crippen LogP contribution in [0.4, 0.5) is 11.4 Å². The molecule has 0 saturated carbocycles. The zero-order valence-electron chi connectivity index (χ0n) is 22.9. The standard InChI is InChI=1S/C31H25ClN4O7/c1-30(42-12-13-43-30)15-24(37)34-33-16-31-20-8-4-2-6-18(20)25(19-7-3-5-9-21(19)31)26-27(31)29(39)35(28(26)38)22-11-10-17(32)14-23(22)36(40)41/h2-11,14,16,25-27H,12-13,15H2,1H3,(H,34,37)/b33-16+. The van der Waals surface area contributed by atoms with Crippen molar-refractivity contribution in [2.75, 3.05) is 18.1 Å². The highest BCUT2D eigenvalue weighted by Crippen LogP contribution is 2.64. The number of benzene rings is 3. The van der Waals surface area contributed by atoms with E-state index in [1.54, 1.807) is 6.92 Å². The number of hydrogen-bond donors (Lipinski definition) is 1. The summed E-state index contributed by atoms with van der Waals surface area (Å²) in [6.45, 7) is 2.44. The number of carbonyl (C=O) groups is 3. The Hall–Kier alpha value is -4.45. The van der Waals surface area contributed by atoms with Gasteiger partial charge in [0.05, 0.1) is 41.8 Å². The summed E-state index contributed by atoms with van der Waals surface area (Å²) in [6.07, 6.45) is 1.43. The van der Waals surface area contributed by atoms with Gasteiger partial charge in [-0.25, -0.2) is 10.3 Å². The Kier molecular flexibility index (Phi) is 6.24. The van der Waals surface area contributed by atoms with E-state index >= 15 is 0 Å². The molecule has 8 rings (SSSR count). The number of amides is 3. The number of rotatable bonds is 6. The van der Waals surface area contributed by atoms with Crippen LogP contribution >= 0.6 is 11.6 Å². The Labute approximate surface area is 250 Å². The van der Waals surface area contributed by atoms with Crippen LogP contribution in [0.15, 0.2) is 71.8 Å². The van der Waals surface area contributed by atoms with Crippen molar-refractivity contribution in [3.05, 3.63) is 104 Å². The van der Waals surface area contributed by atoms with Crippen molar-refractivity contribution in [3.63, 3.8) is 0 Å². The summed E-state index contributed by atoms with van der Waals surface area (Å²) >= 11 is 6.05. The molecule has 12 heteroatoms. The number of hydrazone groups is 1. The summed E-state index contributed by atoms with van der Waals surface area (Å²) in [5.74, 6) is -4.96. The lowest BCUT2D eigenvalue weighted by molar-refractivity contribution is -0.384. The van der Waals surface area contributed by atoms with Crippen LogP contribution in [0.25, 0.3) is 0 Å². The highest BCUT2D eigenvalue weighted by Gasteiger charge is 2.68. The van der Waals surface area contributed by atoms with E-state index in [1.807, 2.05) is 48.5 Å². The second kappa shape index (κ2) is 9.80. The zero-order valence-corrected chi connectivity index (χ0v) is 23.6. The molecule has 2 heterocycles. The molecule has 43 heavy (non-hydrogen) atoms. The van der Waals surface area contributed by atoms with Crippen molar-refractivity contribution in [2.45, 2.75) is 30.5 Å². The van der Waals surface area contributed by atoms with Crippen LogP contribution < -0.4 is 10.3 Å². The van der Waals surface area contributed by atoms with E-state index in [1.165, 1.54) is 18.3 Å². The average molecular weight is 601 g/mol. The predicted octanol–water partition coefficient (Wildman–Crippen LogP) is 4.05. The van der Waals surface area contributed by atoms with Crippen molar-refractivity contribution in [3.8, 4) is 0 Å². The summed E-state index contributed by atoms with van der Waals surface area (Å²) in [6, 6.07) is 19.0. The minimum atomic E-state index is -1.26. The van der Waals surface area contributed by atoms with Gasteiger partial charge in [-0.15, -0.1) is 0 Å². The molecule has 0 aromatic heterocycles. The van der Waals surface area contributed by atoms with Crippen molar-refractivity contribution in [2.24, 2.45) is 16.9 Å². The number of halogens is 1. The molecule has 3 aromatic rings. The Morgan fingerprint density at radius 2 is 1.70 bits per heavy atom. The fourth-order valence-electron chi connectivity index (χ4n) is 7.32. The first-order valence-electron chi connectivity index (χ1n) is 13.8. The topological polar surface area (TPSA) is 140 Å². The van der Waals surface area contributed by atoms with Gasteiger partial charge in [0.25, 0.3) is 5.69 Å². The molecule has 3 aromatic carbocycles. The SMILES string of the molecule is CC1(CC(=O)N/N=C/C23c4ccccc4C(c4ccccc42)C2C(=O)N(c4ccc(Cl)cc4[N+](=O)[O-])C(=O)C23)OCCO1. The van der Waals surface area contributed by atoms with Crippen molar-refractivity contribution in [1.82, 2.24) is 5.43 Å². The maximum Gasteiger partial charge on any atom is 0.294 e. The summed E-state index contributed by atoms with van der Waals surface area (Å²) in [5, 5.41) is 16.5. The van der Waals surface area contributed by atoms with Gasteiger partial charge in [-0.2, -0.15) is 5.10 Å². The molecule has 2 bridgehead atoms. The van der Waals surface area contributed by atoms with Gasteiger partial charge in [0.1, 0.15) is 5.69 Å². The number of ether oxygens (including phenoxy) is 2. The third kappa shape index (κ3) is 3.95. The Morgan fingerprint density at radius 3 is 2.33 bits per heavy atom. The van der Waals surface area contributed by atoms with E-state index in [-0.39, 0.29) is 17.1 Å². The molecular formula is C31H25ClN4O7. The number of hydrogen-bond acceptors (Lipinski definition) is 8. The normalized spacial score (nSPS) is 26.4. The van der Waals surface area contributed by atoms with Gasteiger partial charge in [0, 0.05) is 23.2 Å². The smallest absolute Gasteiger partial charge is 0.294 e. The van der Waals surface area contributed by atoms with Gasteiger partial charge in [-0.1, -0.05) is 60.1 Å². The molecule has 0 radical (unpaired) electrons. The largest absolute Gasteiger partial charge is 0.347 e. The quantitative estimate of drug-likeness (QED) is 0.195. The molecule has 2 fully saturated rings. The molecule has 3 amide bonds. The molecule has 2 atom stereocenters. The van der Waals surface area contributed by atoms with Gasteiger partial charge >= 0.3 is 0 Å². The molecule has 2 unspecified atom stereocenters. The maximum atomic E-state index is 14.5. The number of nitrogens with zero attached hydrogens (tertiary/aromatic N) is 3. The summed E-state index contributed by atoms with van der Waals surface area (Å²) in [5.41, 5.74) is 3.98. The van der Waals surface area contributed by atoms with Gasteiger partial charge in [0.15, 0.2) is 5.79 Å². The van der Waals surface area contributed by atoms with E-state index in [9.17, 15) is 24.5 Å². The fraction of sp³-hybridized carbons (Fsp3) is 0.290. The lowest BCUT2D eigenvalue weighted by atomic mass is 9.47. The minimum Gasteiger partial charge on any atom is -0.347 e. The van der Waals surface area contributed by atoms with E-state index in [2.05, 4.69) is 10.5 Å². The van der Waals surface area contributed by atoms with Crippen molar-refractivity contribution >= 4 is 46.9 Å².